The average Bonchev–Trinajstić information content (AvgIpc) is 2.60. The molecule has 0 bridgehead atoms. The van der Waals surface area contributed by atoms with Crippen LogP contribution in [0.4, 0.5) is 0 Å². The molecule has 1 amide bonds. The van der Waals surface area contributed by atoms with Crippen LogP contribution in [-0.2, 0) is 11.2 Å². The number of ether oxygens (including phenoxy) is 1. The number of para-hydroxylation sites is 1. The van der Waals surface area contributed by atoms with E-state index in [1.165, 1.54) is 5.56 Å². The van der Waals surface area contributed by atoms with Crippen LogP contribution < -0.4 is 10.1 Å². The number of amides is 1. The van der Waals surface area contributed by atoms with Crippen LogP contribution in [0.15, 0.2) is 48.5 Å². The second-order valence-corrected chi connectivity index (χ2v) is 6.10. The number of carbonyl (C=O) groups is 1. The van der Waals surface area contributed by atoms with E-state index >= 15 is 0 Å². The van der Waals surface area contributed by atoms with Crippen LogP contribution in [0.5, 0.6) is 5.75 Å². The lowest BCUT2D eigenvalue weighted by Gasteiger charge is -2.22. The first-order chi connectivity index (χ1) is 11.5. The largest absolute Gasteiger partial charge is 0.481 e. The van der Waals surface area contributed by atoms with Crippen molar-refractivity contribution in [3.8, 4) is 5.75 Å². The zero-order valence-electron chi connectivity index (χ0n) is 15.0. The summed E-state index contributed by atoms with van der Waals surface area (Å²) in [7, 11) is 0. The Kier molecular flexibility index (Phi) is 6.42. The molecule has 128 valence electrons. The Hall–Kier alpha value is -2.29. The molecule has 0 radical (unpaired) electrons. The summed E-state index contributed by atoms with van der Waals surface area (Å²) in [5.41, 5.74) is 3.45. The summed E-state index contributed by atoms with van der Waals surface area (Å²) in [5.74, 6) is 0.694. The maximum atomic E-state index is 12.5. The fourth-order valence-electron chi connectivity index (χ4n) is 2.66. The van der Waals surface area contributed by atoms with Gasteiger partial charge in [0.25, 0.3) is 5.91 Å². The molecule has 0 heterocycles. The smallest absolute Gasteiger partial charge is 0.261 e. The molecular formula is C21H27NO2. The highest BCUT2D eigenvalue weighted by molar-refractivity contribution is 5.81. The Balaban J connectivity index is 2.03. The summed E-state index contributed by atoms with van der Waals surface area (Å²) in [6.07, 6.45) is 1.19. The van der Waals surface area contributed by atoms with Crippen LogP contribution in [0.3, 0.4) is 0 Å². The first kappa shape index (κ1) is 18.1. The molecule has 3 heteroatoms. The zero-order valence-corrected chi connectivity index (χ0v) is 15.0. The molecule has 0 aliphatic carbocycles. The highest BCUT2D eigenvalue weighted by Crippen LogP contribution is 2.21. The van der Waals surface area contributed by atoms with E-state index in [0.29, 0.717) is 0 Å². The summed E-state index contributed by atoms with van der Waals surface area (Å²) >= 11 is 0. The van der Waals surface area contributed by atoms with Crippen molar-refractivity contribution in [2.24, 2.45) is 0 Å². The van der Waals surface area contributed by atoms with Crippen LogP contribution in [0.25, 0.3) is 0 Å². The summed E-state index contributed by atoms with van der Waals surface area (Å²) in [6.45, 7) is 8.01. The summed E-state index contributed by atoms with van der Waals surface area (Å²) in [5, 5.41) is 3.10. The fourth-order valence-corrected chi connectivity index (χ4v) is 2.66. The number of nitrogens with one attached hydrogen (secondary N) is 1. The molecule has 0 aliphatic rings. The Labute approximate surface area is 145 Å². The highest BCUT2D eigenvalue weighted by atomic mass is 16.5. The van der Waals surface area contributed by atoms with E-state index in [0.717, 1.165) is 29.7 Å². The zero-order chi connectivity index (χ0) is 17.5. The summed E-state index contributed by atoms with van der Waals surface area (Å²) in [6, 6.07) is 16.2. The molecule has 1 N–H and O–H groups in total. The maximum Gasteiger partial charge on any atom is 0.261 e. The lowest BCUT2D eigenvalue weighted by Crippen LogP contribution is -2.38. The van der Waals surface area contributed by atoms with Gasteiger partial charge in [-0.2, -0.15) is 0 Å². The summed E-state index contributed by atoms with van der Waals surface area (Å²) in [4.78, 5) is 12.5. The molecule has 3 nitrogen and oxygen atoms in total. The van der Waals surface area contributed by atoms with Gasteiger partial charge < -0.3 is 10.1 Å². The van der Waals surface area contributed by atoms with E-state index in [1.807, 2.05) is 24.3 Å². The molecule has 0 aromatic heterocycles. The number of hydrogen-bond donors (Lipinski definition) is 1. The van der Waals surface area contributed by atoms with Gasteiger partial charge in [-0.25, -0.2) is 0 Å². The van der Waals surface area contributed by atoms with Gasteiger partial charge >= 0.3 is 0 Å². The predicted molar refractivity (Wildman–Crippen MR) is 98.3 cm³/mol. The minimum atomic E-state index is -0.530. The van der Waals surface area contributed by atoms with Gasteiger partial charge in [0.1, 0.15) is 5.75 Å². The Bertz CT molecular complexity index is 664. The molecule has 2 aromatic rings. The van der Waals surface area contributed by atoms with Crippen molar-refractivity contribution >= 4 is 5.91 Å². The monoisotopic (exact) mass is 325 g/mol. The topological polar surface area (TPSA) is 38.3 Å². The molecule has 0 saturated carbocycles. The molecule has 0 fully saturated rings. The van der Waals surface area contributed by atoms with E-state index in [2.05, 4.69) is 50.4 Å². The highest BCUT2D eigenvalue weighted by Gasteiger charge is 2.20. The molecule has 0 aliphatic heterocycles. The lowest BCUT2D eigenvalue weighted by molar-refractivity contribution is -0.128. The predicted octanol–water partition coefficient (Wildman–Crippen LogP) is 4.59. The minimum absolute atomic E-state index is 0.00516. The molecule has 2 rings (SSSR count). The first-order valence-corrected chi connectivity index (χ1v) is 8.66. The van der Waals surface area contributed by atoms with E-state index in [-0.39, 0.29) is 11.9 Å². The van der Waals surface area contributed by atoms with Crippen LogP contribution in [0.1, 0.15) is 49.9 Å². The normalized spacial score (nSPS) is 13.2. The summed E-state index contributed by atoms with van der Waals surface area (Å²) < 4.78 is 5.89. The van der Waals surface area contributed by atoms with Gasteiger partial charge in [-0.1, -0.05) is 61.9 Å². The van der Waals surface area contributed by atoms with Crippen molar-refractivity contribution in [2.45, 2.75) is 52.7 Å². The van der Waals surface area contributed by atoms with Gasteiger partial charge in [0.05, 0.1) is 6.04 Å². The van der Waals surface area contributed by atoms with E-state index < -0.39 is 6.10 Å². The third-order valence-electron chi connectivity index (χ3n) is 4.23. The standard InChI is InChI=1S/C21H27NO2/c1-5-17-9-7-8-10-20(17)24-16(4)21(23)22-19(6-2)18-13-11-15(3)12-14-18/h7-14,16,19H,5-6H2,1-4H3,(H,22,23)/t16-,19+/m1/s1. The number of benzene rings is 2. The van der Waals surface area contributed by atoms with Gasteiger partial charge in [0, 0.05) is 0 Å². The molecule has 0 unspecified atom stereocenters. The fraction of sp³-hybridized carbons (Fsp3) is 0.381. The van der Waals surface area contributed by atoms with Crippen LogP contribution in [-0.4, -0.2) is 12.0 Å². The molecular weight excluding hydrogens is 298 g/mol. The molecule has 2 atom stereocenters. The second kappa shape index (κ2) is 8.53. The van der Waals surface area contributed by atoms with Gasteiger partial charge in [0.15, 0.2) is 6.10 Å². The van der Waals surface area contributed by atoms with Gasteiger partial charge in [-0.3, -0.25) is 4.79 Å². The maximum absolute atomic E-state index is 12.5. The van der Waals surface area contributed by atoms with Gasteiger partial charge in [-0.05, 0) is 43.9 Å². The van der Waals surface area contributed by atoms with Gasteiger partial charge in [-0.15, -0.1) is 0 Å². The Morgan fingerprint density at radius 3 is 2.38 bits per heavy atom. The van der Waals surface area contributed by atoms with Crippen molar-refractivity contribution in [1.82, 2.24) is 5.32 Å². The second-order valence-electron chi connectivity index (χ2n) is 6.10. The first-order valence-electron chi connectivity index (χ1n) is 8.66. The van der Waals surface area contributed by atoms with Crippen LogP contribution in [0.2, 0.25) is 0 Å². The van der Waals surface area contributed by atoms with Crippen molar-refractivity contribution < 1.29 is 9.53 Å². The third kappa shape index (κ3) is 4.60. The average molecular weight is 325 g/mol. The lowest BCUT2D eigenvalue weighted by atomic mass is 10.0. The molecule has 0 saturated heterocycles. The van der Waals surface area contributed by atoms with Crippen molar-refractivity contribution in [3.63, 3.8) is 0 Å². The van der Waals surface area contributed by atoms with E-state index in [9.17, 15) is 4.79 Å². The third-order valence-corrected chi connectivity index (χ3v) is 4.23. The number of aryl methyl sites for hydroxylation is 2. The number of hydrogen-bond acceptors (Lipinski definition) is 2. The van der Waals surface area contributed by atoms with Crippen LogP contribution >= 0.6 is 0 Å². The molecule has 24 heavy (non-hydrogen) atoms. The van der Waals surface area contributed by atoms with Crippen molar-refractivity contribution in [1.29, 1.82) is 0 Å². The SMILES string of the molecule is CCc1ccccc1O[C@H](C)C(=O)N[C@@H](CC)c1ccc(C)cc1. The minimum Gasteiger partial charge on any atom is -0.481 e. The quantitative estimate of drug-likeness (QED) is 0.808. The van der Waals surface area contributed by atoms with E-state index in [4.69, 9.17) is 4.74 Å². The molecule has 0 spiro atoms. The Morgan fingerprint density at radius 1 is 1.08 bits per heavy atom. The van der Waals surface area contributed by atoms with E-state index in [1.54, 1.807) is 6.92 Å². The van der Waals surface area contributed by atoms with Crippen LogP contribution in [0, 0.1) is 6.92 Å². The molecule has 2 aromatic carbocycles. The number of rotatable bonds is 7. The van der Waals surface area contributed by atoms with Gasteiger partial charge in [0.2, 0.25) is 0 Å². The van der Waals surface area contributed by atoms with Crippen molar-refractivity contribution in [3.05, 3.63) is 65.2 Å². The van der Waals surface area contributed by atoms with Crippen molar-refractivity contribution in [2.75, 3.05) is 0 Å². The Morgan fingerprint density at radius 2 is 1.75 bits per heavy atom. The number of carbonyl (C=O) groups excluding carboxylic acids is 1.